The highest BCUT2D eigenvalue weighted by Gasteiger charge is 2.18. The van der Waals surface area contributed by atoms with Gasteiger partial charge in [-0.15, -0.1) is 0 Å². The third kappa shape index (κ3) is 6.05. The van der Waals surface area contributed by atoms with E-state index in [1.54, 1.807) is 0 Å². The number of halogens is 2. The van der Waals surface area contributed by atoms with Gasteiger partial charge in [0, 0.05) is 27.5 Å². The molecule has 2 aromatic carbocycles. The van der Waals surface area contributed by atoms with Gasteiger partial charge in [-0.3, -0.25) is 19.7 Å². The summed E-state index contributed by atoms with van der Waals surface area (Å²) in [5, 5.41) is 18.1. The number of carbonyl (C=O) groups excluding carboxylic acids is 2. The maximum Gasteiger partial charge on any atom is 0.282 e. The summed E-state index contributed by atoms with van der Waals surface area (Å²) in [5.74, 6) is -1.14. The minimum absolute atomic E-state index is 0.110. The van der Waals surface area contributed by atoms with Crippen LogP contribution in [-0.4, -0.2) is 22.4 Å². The van der Waals surface area contributed by atoms with Crippen LogP contribution in [0.1, 0.15) is 23.7 Å². The van der Waals surface area contributed by atoms with Crippen molar-refractivity contribution in [2.24, 2.45) is 5.10 Å². The van der Waals surface area contributed by atoms with Gasteiger partial charge in [0.05, 0.1) is 11.3 Å². The lowest BCUT2D eigenvalue weighted by Gasteiger charge is -2.07. The molecular formula is C17H14Cl2N4O4. The number of benzene rings is 2. The van der Waals surface area contributed by atoms with E-state index in [0.29, 0.717) is 21.4 Å². The van der Waals surface area contributed by atoms with Crippen LogP contribution in [-0.2, 0) is 4.79 Å². The maximum absolute atomic E-state index is 12.1. The molecule has 140 valence electrons. The van der Waals surface area contributed by atoms with Crippen molar-refractivity contribution >= 4 is 52.1 Å². The number of rotatable bonds is 6. The molecule has 2 aromatic rings. The molecule has 2 rings (SSSR count). The molecule has 0 heterocycles. The number of amides is 2. The summed E-state index contributed by atoms with van der Waals surface area (Å²) in [5.41, 5.74) is 2.47. The van der Waals surface area contributed by atoms with Gasteiger partial charge in [0.2, 0.25) is 5.91 Å². The van der Waals surface area contributed by atoms with Gasteiger partial charge in [0.1, 0.15) is 5.56 Å². The molecule has 8 nitrogen and oxygen atoms in total. The van der Waals surface area contributed by atoms with E-state index in [2.05, 4.69) is 15.8 Å². The molecule has 0 aliphatic carbocycles. The standard InChI is InChI=1S/C17H14Cl2N4O4/c1-10(6-16(24)20-13-8-11(18)7-12(19)9-13)21-22-17(25)14-4-2-3-5-15(14)23(26)27/h2-5,7-9H,6H2,1H3,(H,20,24)(H,22,25). The summed E-state index contributed by atoms with van der Waals surface area (Å²) < 4.78 is 0. The summed E-state index contributed by atoms with van der Waals surface area (Å²) in [6.07, 6.45) is -0.110. The van der Waals surface area contributed by atoms with Crippen LogP contribution >= 0.6 is 23.2 Å². The summed E-state index contributed by atoms with van der Waals surface area (Å²) >= 11 is 11.7. The summed E-state index contributed by atoms with van der Waals surface area (Å²) in [4.78, 5) is 34.4. The molecule has 0 saturated heterocycles. The lowest BCUT2D eigenvalue weighted by atomic mass is 10.2. The number of carbonyl (C=O) groups is 2. The average molecular weight is 409 g/mol. The fraction of sp³-hybridized carbons (Fsp3) is 0.118. The molecule has 0 aromatic heterocycles. The minimum Gasteiger partial charge on any atom is -0.326 e. The zero-order chi connectivity index (χ0) is 20.0. The van der Waals surface area contributed by atoms with Crippen LogP contribution in [0.15, 0.2) is 47.6 Å². The van der Waals surface area contributed by atoms with Crippen molar-refractivity contribution in [1.82, 2.24) is 5.43 Å². The van der Waals surface area contributed by atoms with Crippen LogP contribution in [0, 0.1) is 10.1 Å². The van der Waals surface area contributed by atoms with Gasteiger partial charge in [-0.25, -0.2) is 5.43 Å². The van der Waals surface area contributed by atoms with Crippen molar-refractivity contribution in [3.05, 3.63) is 68.2 Å². The first-order valence-electron chi connectivity index (χ1n) is 7.59. The van der Waals surface area contributed by atoms with E-state index >= 15 is 0 Å². The highest BCUT2D eigenvalue weighted by Crippen LogP contribution is 2.22. The Morgan fingerprint density at radius 3 is 2.41 bits per heavy atom. The Morgan fingerprint density at radius 2 is 1.78 bits per heavy atom. The van der Waals surface area contributed by atoms with Crippen LogP contribution in [0.5, 0.6) is 0 Å². The molecule has 2 amide bonds. The van der Waals surface area contributed by atoms with Gasteiger partial charge in [-0.2, -0.15) is 5.10 Å². The second kappa shape index (κ2) is 9.11. The number of nitro groups is 1. The Balaban J connectivity index is 1.98. The van der Waals surface area contributed by atoms with Crippen LogP contribution in [0.2, 0.25) is 10.0 Å². The molecule has 0 radical (unpaired) electrons. The monoisotopic (exact) mass is 408 g/mol. The first-order chi connectivity index (χ1) is 12.8. The lowest BCUT2D eigenvalue weighted by molar-refractivity contribution is -0.385. The van der Waals surface area contributed by atoms with Crippen molar-refractivity contribution in [3.63, 3.8) is 0 Å². The fourth-order valence-electron chi connectivity index (χ4n) is 2.13. The molecular weight excluding hydrogens is 395 g/mol. The molecule has 0 aliphatic heterocycles. The molecule has 0 spiro atoms. The van der Waals surface area contributed by atoms with Gasteiger partial charge < -0.3 is 5.32 Å². The second-order valence-corrected chi connectivity index (χ2v) is 6.32. The Morgan fingerprint density at radius 1 is 1.15 bits per heavy atom. The smallest absolute Gasteiger partial charge is 0.282 e. The van der Waals surface area contributed by atoms with E-state index in [1.807, 2.05) is 0 Å². The predicted octanol–water partition coefficient (Wildman–Crippen LogP) is 4.04. The molecule has 0 saturated carbocycles. The van der Waals surface area contributed by atoms with E-state index < -0.39 is 16.7 Å². The number of anilines is 1. The number of hydrazone groups is 1. The van der Waals surface area contributed by atoms with E-state index in [-0.39, 0.29) is 17.7 Å². The second-order valence-electron chi connectivity index (χ2n) is 5.45. The van der Waals surface area contributed by atoms with Crippen LogP contribution in [0.4, 0.5) is 11.4 Å². The Labute approximate surface area is 164 Å². The largest absolute Gasteiger partial charge is 0.326 e. The van der Waals surface area contributed by atoms with Gasteiger partial charge >= 0.3 is 0 Å². The fourth-order valence-corrected chi connectivity index (χ4v) is 2.66. The first kappa shape index (κ1) is 20.3. The topological polar surface area (TPSA) is 114 Å². The van der Waals surface area contributed by atoms with E-state index in [9.17, 15) is 19.7 Å². The van der Waals surface area contributed by atoms with Crippen LogP contribution in [0.25, 0.3) is 0 Å². The zero-order valence-electron chi connectivity index (χ0n) is 14.0. The molecule has 27 heavy (non-hydrogen) atoms. The van der Waals surface area contributed by atoms with Gasteiger partial charge in [0.25, 0.3) is 11.6 Å². The highest BCUT2D eigenvalue weighted by atomic mass is 35.5. The van der Waals surface area contributed by atoms with E-state index in [0.717, 1.165) is 0 Å². The van der Waals surface area contributed by atoms with Crippen molar-refractivity contribution in [3.8, 4) is 0 Å². The van der Waals surface area contributed by atoms with Gasteiger partial charge in [0.15, 0.2) is 0 Å². The normalized spacial score (nSPS) is 11.0. The molecule has 0 atom stereocenters. The van der Waals surface area contributed by atoms with Crippen LogP contribution in [0.3, 0.4) is 0 Å². The average Bonchev–Trinajstić information content (AvgIpc) is 2.58. The molecule has 0 aliphatic rings. The summed E-state index contributed by atoms with van der Waals surface area (Å²) in [7, 11) is 0. The van der Waals surface area contributed by atoms with Crippen molar-refractivity contribution in [2.45, 2.75) is 13.3 Å². The van der Waals surface area contributed by atoms with E-state index in [1.165, 1.54) is 49.4 Å². The third-order valence-electron chi connectivity index (χ3n) is 3.26. The molecule has 0 unspecified atom stereocenters. The minimum atomic E-state index is -0.747. The lowest BCUT2D eigenvalue weighted by Crippen LogP contribution is -2.22. The number of nitrogens with zero attached hydrogens (tertiary/aromatic N) is 2. The summed E-state index contributed by atoms with van der Waals surface area (Å²) in [6, 6.07) is 10.1. The molecule has 10 heteroatoms. The van der Waals surface area contributed by atoms with Crippen molar-refractivity contribution in [1.29, 1.82) is 0 Å². The zero-order valence-corrected chi connectivity index (χ0v) is 15.5. The highest BCUT2D eigenvalue weighted by molar-refractivity contribution is 6.35. The van der Waals surface area contributed by atoms with Gasteiger partial charge in [-0.05, 0) is 31.2 Å². The Hall–Kier alpha value is -2.97. The number of nitrogens with one attached hydrogen (secondary N) is 2. The van der Waals surface area contributed by atoms with Crippen molar-refractivity contribution < 1.29 is 14.5 Å². The number of hydrogen-bond donors (Lipinski definition) is 2. The number of hydrogen-bond acceptors (Lipinski definition) is 5. The molecule has 2 N–H and O–H groups in total. The Kier molecular flexibility index (Phi) is 6.86. The van der Waals surface area contributed by atoms with Crippen molar-refractivity contribution in [2.75, 3.05) is 5.32 Å². The Bertz CT molecular complexity index is 911. The van der Waals surface area contributed by atoms with Crippen LogP contribution < -0.4 is 10.7 Å². The first-order valence-corrected chi connectivity index (χ1v) is 8.34. The third-order valence-corrected chi connectivity index (χ3v) is 3.69. The quantitative estimate of drug-likeness (QED) is 0.426. The maximum atomic E-state index is 12.1. The van der Waals surface area contributed by atoms with Gasteiger partial charge in [-0.1, -0.05) is 35.3 Å². The van der Waals surface area contributed by atoms with E-state index in [4.69, 9.17) is 23.2 Å². The number of nitro benzene ring substituents is 1. The molecule has 0 bridgehead atoms. The summed E-state index contributed by atoms with van der Waals surface area (Å²) in [6.45, 7) is 1.53. The molecule has 0 fully saturated rings. The predicted molar refractivity (Wildman–Crippen MR) is 103 cm³/mol. The SMILES string of the molecule is CC(CC(=O)Nc1cc(Cl)cc(Cl)c1)=NNC(=O)c1ccccc1[N+](=O)[O-]. The number of para-hydroxylation sites is 1.